The maximum absolute atomic E-state index is 12.2. The van der Waals surface area contributed by atoms with Crippen molar-refractivity contribution in [3.63, 3.8) is 0 Å². The second-order valence-electron chi connectivity index (χ2n) is 5.39. The molecule has 24 heavy (non-hydrogen) atoms. The van der Waals surface area contributed by atoms with Gasteiger partial charge in [0.25, 0.3) is 5.69 Å². The summed E-state index contributed by atoms with van der Waals surface area (Å²) >= 11 is 0. The van der Waals surface area contributed by atoms with Crippen LogP contribution in [-0.2, 0) is 16.5 Å². The summed E-state index contributed by atoms with van der Waals surface area (Å²) in [5.41, 5.74) is 0.953. The van der Waals surface area contributed by atoms with Gasteiger partial charge in [-0.3, -0.25) is 10.1 Å². The third-order valence-electron chi connectivity index (χ3n) is 3.53. The zero-order chi connectivity index (χ0) is 17.6. The van der Waals surface area contributed by atoms with E-state index in [1.54, 1.807) is 12.1 Å². The lowest BCUT2D eigenvalue weighted by atomic mass is 10.1. The summed E-state index contributed by atoms with van der Waals surface area (Å²) in [6.45, 7) is 2.13. The first-order valence-electron chi connectivity index (χ1n) is 7.70. The zero-order valence-electron chi connectivity index (χ0n) is 13.3. The summed E-state index contributed by atoms with van der Waals surface area (Å²) in [5, 5.41) is 10.6. The zero-order valence-corrected chi connectivity index (χ0v) is 14.2. The van der Waals surface area contributed by atoms with E-state index >= 15 is 0 Å². The Hall–Kier alpha value is -2.41. The minimum Gasteiger partial charge on any atom is -0.379 e. The highest BCUT2D eigenvalue weighted by Crippen LogP contribution is 2.22. The molecule has 6 nitrogen and oxygen atoms in total. The molecule has 2 rings (SSSR count). The number of benzene rings is 2. The molecule has 0 atom stereocenters. The third-order valence-corrected chi connectivity index (χ3v) is 4.80. The fourth-order valence-electron chi connectivity index (χ4n) is 2.20. The smallest absolute Gasteiger partial charge is 0.339 e. The van der Waals surface area contributed by atoms with E-state index in [1.165, 1.54) is 36.4 Å². The topological polar surface area (TPSA) is 86.5 Å². The van der Waals surface area contributed by atoms with E-state index in [9.17, 15) is 18.5 Å². The van der Waals surface area contributed by atoms with E-state index in [-0.39, 0.29) is 16.3 Å². The number of nitrogens with zero attached hydrogens (tertiary/aromatic N) is 1. The van der Waals surface area contributed by atoms with Crippen molar-refractivity contribution in [2.24, 2.45) is 0 Å². The Kier molecular flexibility index (Phi) is 5.92. The van der Waals surface area contributed by atoms with Crippen molar-refractivity contribution in [1.29, 1.82) is 0 Å². The maximum Gasteiger partial charge on any atom is 0.339 e. The molecule has 0 aliphatic rings. The van der Waals surface area contributed by atoms with Crippen molar-refractivity contribution < 1.29 is 17.5 Å². The third kappa shape index (κ3) is 4.79. The molecule has 128 valence electrons. The monoisotopic (exact) mass is 349 g/mol. The highest BCUT2D eigenvalue weighted by atomic mass is 32.2. The second kappa shape index (κ2) is 7.92. The summed E-state index contributed by atoms with van der Waals surface area (Å²) in [6.07, 6.45) is 4.26. The summed E-state index contributed by atoms with van der Waals surface area (Å²) < 4.78 is 29.5. The lowest BCUT2D eigenvalue weighted by Gasteiger charge is -2.08. The predicted octanol–water partition coefficient (Wildman–Crippen LogP) is 4.10. The van der Waals surface area contributed by atoms with Gasteiger partial charge in [-0.05, 0) is 42.7 Å². The molecule has 0 amide bonds. The number of nitro benzene ring substituents is 1. The van der Waals surface area contributed by atoms with Crippen LogP contribution in [0.25, 0.3) is 0 Å². The van der Waals surface area contributed by atoms with Gasteiger partial charge in [-0.25, -0.2) is 0 Å². The molecular formula is C17H19NO5S. The number of rotatable bonds is 8. The molecule has 0 heterocycles. The summed E-state index contributed by atoms with van der Waals surface area (Å²) in [6, 6.07) is 11.5. The van der Waals surface area contributed by atoms with Crippen LogP contribution in [0, 0.1) is 10.1 Å². The van der Waals surface area contributed by atoms with Gasteiger partial charge in [0, 0.05) is 12.1 Å². The minimum absolute atomic E-state index is 0.0348. The number of nitro groups is 1. The molecule has 2 aromatic carbocycles. The fraction of sp³-hybridized carbons (Fsp3) is 0.294. The lowest BCUT2D eigenvalue weighted by Crippen LogP contribution is -2.09. The molecule has 0 fully saturated rings. The van der Waals surface area contributed by atoms with Gasteiger partial charge in [0.05, 0.1) is 4.92 Å². The van der Waals surface area contributed by atoms with Gasteiger partial charge in [-0.15, -0.1) is 0 Å². The predicted molar refractivity (Wildman–Crippen MR) is 90.6 cm³/mol. The molecule has 2 aromatic rings. The second-order valence-corrected chi connectivity index (χ2v) is 6.94. The maximum atomic E-state index is 12.2. The molecule has 0 aliphatic heterocycles. The van der Waals surface area contributed by atoms with E-state index in [2.05, 4.69) is 6.92 Å². The highest BCUT2D eigenvalue weighted by Gasteiger charge is 2.17. The van der Waals surface area contributed by atoms with Gasteiger partial charge in [0.2, 0.25) is 0 Å². The Morgan fingerprint density at radius 1 is 1.00 bits per heavy atom. The average Bonchev–Trinajstić information content (AvgIpc) is 2.56. The lowest BCUT2D eigenvalue weighted by molar-refractivity contribution is -0.384. The Morgan fingerprint density at radius 2 is 1.62 bits per heavy atom. The van der Waals surface area contributed by atoms with Gasteiger partial charge >= 0.3 is 10.1 Å². The molecule has 0 aromatic heterocycles. The first-order valence-corrected chi connectivity index (χ1v) is 9.11. The number of unbranched alkanes of at least 4 members (excludes halogenated alkanes) is 2. The molecule has 0 unspecified atom stereocenters. The van der Waals surface area contributed by atoms with Gasteiger partial charge in [0.1, 0.15) is 10.6 Å². The van der Waals surface area contributed by atoms with Crippen LogP contribution >= 0.6 is 0 Å². The molecule has 0 aliphatic carbocycles. The van der Waals surface area contributed by atoms with Crippen LogP contribution in [0.3, 0.4) is 0 Å². The molecule has 0 N–H and O–H groups in total. The standard InChI is InChI=1S/C17H19NO5S/c1-2-3-4-5-14-6-12-17(13-7-14)24(21,22)23-16-10-8-15(9-11-16)18(19)20/h6-13H,2-5H2,1H3. The summed E-state index contributed by atoms with van der Waals surface area (Å²) in [5.74, 6) is 0.0348. The molecule has 0 spiro atoms. The van der Waals surface area contributed by atoms with Crippen LogP contribution in [-0.4, -0.2) is 13.3 Å². The molecule has 0 radical (unpaired) electrons. The molecule has 7 heteroatoms. The summed E-state index contributed by atoms with van der Waals surface area (Å²) in [7, 11) is -3.96. The Morgan fingerprint density at radius 3 is 2.17 bits per heavy atom. The number of hydrogen-bond donors (Lipinski definition) is 0. The van der Waals surface area contributed by atoms with E-state index in [0.717, 1.165) is 31.2 Å². The van der Waals surface area contributed by atoms with Crippen molar-refractivity contribution in [3.05, 3.63) is 64.2 Å². The van der Waals surface area contributed by atoms with Gasteiger partial charge in [-0.1, -0.05) is 31.9 Å². The van der Waals surface area contributed by atoms with Gasteiger partial charge < -0.3 is 4.18 Å². The minimum atomic E-state index is -3.96. The number of aryl methyl sites for hydroxylation is 1. The van der Waals surface area contributed by atoms with Crippen LogP contribution < -0.4 is 4.18 Å². The normalized spacial score (nSPS) is 11.2. The largest absolute Gasteiger partial charge is 0.379 e. The SMILES string of the molecule is CCCCCc1ccc(S(=O)(=O)Oc2ccc([N+](=O)[O-])cc2)cc1. The van der Waals surface area contributed by atoms with E-state index < -0.39 is 15.0 Å². The first-order chi connectivity index (χ1) is 11.4. The van der Waals surface area contributed by atoms with Gasteiger partial charge in [-0.2, -0.15) is 8.42 Å². The summed E-state index contributed by atoms with van der Waals surface area (Å²) in [4.78, 5) is 10.1. The van der Waals surface area contributed by atoms with Crippen LogP contribution in [0.4, 0.5) is 5.69 Å². The van der Waals surface area contributed by atoms with Crippen molar-refractivity contribution >= 4 is 15.8 Å². The Bertz CT molecular complexity index is 783. The van der Waals surface area contributed by atoms with Gasteiger partial charge in [0.15, 0.2) is 0 Å². The Balaban J connectivity index is 2.08. The molecule has 0 saturated heterocycles. The Labute approximate surface area is 141 Å². The van der Waals surface area contributed by atoms with Crippen molar-refractivity contribution in [2.75, 3.05) is 0 Å². The van der Waals surface area contributed by atoms with E-state index in [4.69, 9.17) is 4.18 Å². The van der Waals surface area contributed by atoms with E-state index in [0.29, 0.717) is 0 Å². The van der Waals surface area contributed by atoms with Crippen molar-refractivity contribution in [1.82, 2.24) is 0 Å². The number of non-ortho nitro benzene ring substituents is 1. The molecule has 0 saturated carbocycles. The first kappa shape index (κ1) is 17.9. The van der Waals surface area contributed by atoms with Crippen molar-refractivity contribution in [3.8, 4) is 5.75 Å². The van der Waals surface area contributed by atoms with Crippen molar-refractivity contribution in [2.45, 2.75) is 37.5 Å². The highest BCUT2D eigenvalue weighted by molar-refractivity contribution is 7.87. The van der Waals surface area contributed by atoms with E-state index in [1.807, 2.05) is 0 Å². The van der Waals surface area contributed by atoms with Crippen LogP contribution in [0.5, 0.6) is 5.75 Å². The quantitative estimate of drug-likeness (QED) is 0.310. The van der Waals surface area contributed by atoms with Crippen LogP contribution in [0.15, 0.2) is 53.4 Å². The average molecular weight is 349 g/mol. The molecule has 0 bridgehead atoms. The molecular weight excluding hydrogens is 330 g/mol. The van der Waals surface area contributed by atoms with Crippen LogP contribution in [0.1, 0.15) is 31.7 Å². The van der Waals surface area contributed by atoms with Crippen LogP contribution in [0.2, 0.25) is 0 Å². The number of hydrogen-bond acceptors (Lipinski definition) is 5. The fourth-order valence-corrected chi connectivity index (χ4v) is 3.13.